The minimum absolute atomic E-state index is 0.128. The zero-order valence-corrected chi connectivity index (χ0v) is 21.6. The largest absolute Gasteiger partial charge is 0.489 e. The van der Waals surface area contributed by atoms with E-state index in [2.05, 4.69) is 16.4 Å². The lowest BCUT2D eigenvalue weighted by molar-refractivity contribution is 0.0283. The summed E-state index contributed by atoms with van der Waals surface area (Å²) in [4.78, 5) is 19.5. The van der Waals surface area contributed by atoms with Crippen molar-refractivity contribution < 1.29 is 9.53 Å². The summed E-state index contributed by atoms with van der Waals surface area (Å²) in [5, 5.41) is 1.07. The van der Waals surface area contributed by atoms with Crippen molar-refractivity contribution in [3.8, 4) is 5.75 Å². The van der Waals surface area contributed by atoms with Crippen LogP contribution in [0.1, 0.15) is 21.5 Å². The van der Waals surface area contributed by atoms with Gasteiger partial charge in [-0.25, -0.2) is 0 Å². The second-order valence-corrected chi connectivity index (χ2v) is 10.1. The van der Waals surface area contributed by atoms with Crippen molar-refractivity contribution in [3.05, 3.63) is 106 Å². The second-order valence-electron chi connectivity index (χ2n) is 9.26. The number of amides is 1. The van der Waals surface area contributed by atoms with Crippen molar-refractivity contribution in [2.24, 2.45) is 0 Å². The summed E-state index contributed by atoms with van der Waals surface area (Å²) in [5.41, 5.74) is 3.85. The van der Waals surface area contributed by atoms with Crippen LogP contribution in [0, 0.1) is 0 Å². The van der Waals surface area contributed by atoms with Gasteiger partial charge in [0.1, 0.15) is 12.4 Å². The normalized spacial score (nSPS) is 16.5. The Kier molecular flexibility index (Phi) is 7.51. The first-order chi connectivity index (χ1) is 17.5. The summed E-state index contributed by atoms with van der Waals surface area (Å²) in [6.45, 7) is 10.0. The first-order valence-electron chi connectivity index (χ1n) is 12.2. The van der Waals surface area contributed by atoms with Crippen LogP contribution in [0.25, 0.3) is 5.70 Å². The van der Waals surface area contributed by atoms with Crippen LogP contribution in [-0.2, 0) is 6.61 Å². The smallest absolute Gasteiger partial charge is 0.253 e. The predicted molar refractivity (Wildman–Crippen MR) is 146 cm³/mol. The van der Waals surface area contributed by atoms with Crippen LogP contribution in [0.5, 0.6) is 5.75 Å². The molecule has 7 heteroatoms. The SMILES string of the molecule is C=C(c1ccc(OCc2ccc(Cl)c(Cl)c2)cc1)N1CC(N2CCN(C(=O)c3ccccc3)CC2)C1. The Morgan fingerprint density at radius 1 is 0.833 bits per heavy atom. The first-order valence-corrected chi connectivity index (χ1v) is 12.9. The lowest BCUT2D eigenvalue weighted by Crippen LogP contribution is -2.62. The van der Waals surface area contributed by atoms with Crippen LogP contribution >= 0.6 is 23.2 Å². The van der Waals surface area contributed by atoms with Gasteiger partial charge in [0.15, 0.2) is 0 Å². The minimum Gasteiger partial charge on any atom is -0.489 e. The number of hydrogen-bond acceptors (Lipinski definition) is 4. The zero-order chi connectivity index (χ0) is 25.1. The fourth-order valence-corrected chi connectivity index (χ4v) is 5.00. The Morgan fingerprint density at radius 2 is 1.53 bits per heavy atom. The summed E-state index contributed by atoms with van der Waals surface area (Å²) < 4.78 is 5.89. The topological polar surface area (TPSA) is 36.0 Å². The van der Waals surface area contributed by atoms with Gasteiger partial charge >= 0.3 is 0 Å². The van der Waals surface area contributed by atoms with Gasteiger partial charge in [0.05, 0.1) is 10.0 Å². The molecule has 0 bridgehead atoms. The number of carbonyl (C=O) groups excluding carboxylic acids is 1. The van der Waals surface area contributed by atoms with E-state index in [-0.39, 0.29) is 5.91 Å². The number of carbonyl (C=O) groups is 1. The molecule has 2 heterocycles. The average molecular weight is 522 g/mol. The van der Waals surface area contributed by atoms with Crippen LogP contribution in [0.4, 0.5) is 0 Å². The average Bonchev–Trinajstić information content (AvgIpc) is 2.89. The predicted octanol–water partition coefficient (Wildman–Crippen LogP) is 5.69. The van der Waals surface area contributed by atoms with E-state index in [1.54, 1.807) is 6.07 Å². The molecule has 2 aliphatic rings. The molecular formula is C29H29Cl2N3O2. The molecule has 0 aromatic heterocycles. The molecule has 2 aliphatic heterocycles. The molecule has 2 saturated heterocycles. The Hall–Kier alpha value is -2.99. The number of benzene rings is 3. The highest BCUT2D eigenvalue weighted by Gasteiger charge is 2.35. The molecule has 0 radical (unpaired) electrons. The summed E-state index contributed by atoms with van der Waals surface area (Å²) in [6, 6.07) is 23.6. The van der Waals surface area contributed by atoms with Gasteiger partial charge in [-0.1, -0.05) is 54.0 Å². The molecular weight excluding hydrogens is 493 g/mol. The molecule has 0 spiro atoms. The minimum atomic E-state index is 0.128. The van der Waals surface area contributed by atoms with Gasteiger partial charge in [-0.05, 0) is 59.7 Å². The lowest BCUT2D eigenvalue weighted by atomic mass is 10.0. The molecule has 5 nitrogen and oxygen atoms in total. The van der Waals surface area contributed by atoms with E-state index in [9.17, 15) is 4.79 Å². The van der Waals surface area contributed by atoms with Gasteiger partial charge < -0.3 is 14.5 Å². The molecule has 1 amide bonds. The molecule has 0 atom stereocenters. The number of piperazine rings is 1. The Balaban J connectivity index is 1.07. The molecule has 0 N–H and O–H groups in total. The summed E-state index contributed by atoms with van der Waals surface area (Å²) in [5.74, 6) is 0.922. The van der Waals surface area contributed by atoms with Gasteiger partial charge in [0.25, 0.3) is 5.91 Å². The maximum Gasteiger partial charge on any atom is 0.253 e. The fraction of sp³-hybridized carbons (Fsp3) is 0.276. The van der Waals surface area contributed by atoms with Crippen LogP contribution in [0.3, 0.4) is 0 Å². The Morgan fingerprint density at radius 3 is 2.19 bits per heavy atom. The third-order valence-corrected chi connectivity index (χ3v) is 7.70. The van der Waals surface area contributed by atoms with Crippen molar-refractivity contribution in [3.63, 3.8) is 0 Å². The van der Waals surface area contributed by atoms with Gasteiger partial charge in [-0.15, -0.1) is 0 Å². The van der Waals surface area contributed by atoms with E-state index in [0.29, 0.717) is 22.7 Å². The molecule has 0 saturated carbocycles. The van der Waals surface area contributed by atoms with Crippen LogP contribution in [-0.4, -0.2) is 65.9 Å². The third kappa shape index (κ3) is 5.54. The van der Waals surface area contributed by atoms with E-state index in [0.717, 1.165) is 67.4 Å². The quantitative estimate of drug-likeness (QED) is 0.400. The summed E-state index contributed by atoms with van der Waals surface area (Å²) in [6.07, 6.45) is 0. The van der Waals surface area contributed by atoms with Crippen molar-refractivity contribution in [1.82, 2.24) is 14.7 Å². The highest BCUT2D eigenvalue weighted by atomic mass is 35.5. The number of ether oxygens (including phenoxy) is 1. The summed E-state index contributed by atoms with van der Waals surface area (Å²) >= 11 is 12.1. The van der Waals surface area contributed by atoms with Crippen molar-refractivity contribution in [1.29, 1.82) is 0 Å². The number of rotatable bonds is 7. The zero-order valence-electron chi connectivity index (χ0n) is 20.1. The Labute approximate surface area is 222 Å². The maximum absolute atomic E-state index is 12.7. The molecule has 0 unspecified atom stereocenters. The Bertz CT molecular complexity index is 1220. The van der Waals surface area contributed by atoms with Gasteiger partial charge in [-0.3, -0.25) is 9.69 Å². The van der Waals surface area contributed by atoms with E-state index in [1.165, 1.54) is 0 Å². The maximum atomic E-state index is 12.7. The highest BCUT2D eigenvalue weighted by molar-refractivity contribution is 6.42. The van der Waals surface area contributed by atoms with Crippen molar-refractivity contribution in [2.45, 2.75) is 12.6 Å². The summed E-state index contributed by atoms with van der Waals surface area (Å²) in [7, 11) is 0. The van der Waals surface area contributed by atoms with Crippen LogP contribution < -0.4 is 4.74 Å². The first kappa shape index (κ1) is 24.7. The molecule has 186 valence electrons. The van der Waals surface area contributed by atoms with E-state index in [4.69, 9.17) is 27.9 Å². The van der Waals surface area contributed by atoms with Crippen molar-refractivity contribution in [2.75, 3.05) is 39.3 Å². The third-order valence-electron chi connectivity index (χ3n) is 6.96. The van der Waals surface area contributed by atoms with E-state index >= 15 is 0 Å². The molecule has 2 fully saturated rings. The molecule has 0 aliphatic carbocycles. The van der Waals surface area contributed by atoms with Crippen LogP contribution in [0.2, 0.25) is 10.0 Å². The highest BCUT2D eigenvalue weighted by Crippen LogP contribution is 2.28. The van der Waals surface area contributed by atoms with Gasteiger partial charge in [0.2, 0.25) is 0 Å². The molecule has 3 aromatic rings. The van der Waals surface area contributed by atoms with E-state index < -0.39 is 0 Å². The van der Waals surface area contributed by atoms with Gasteiger partial charge in [-0.2, -0.15) is 0 Å². The second kappa shape index (κ2) is 11.0. The van der Waals surface area contributed by atoms with Crippen molar-refractivity contribution >= 4 is 34.8 Å². The fourth-order valence-electron chi connectivity index (χ4n) is 4.68. The number of halogens is 2. The molecule has 3 aromatic carbocycles. The number of nitrogens with zero attached hydrogens (tertiary/aromatic N) is 3. The van der Waals surface area contributed by atoms with E-state index in [1.807, 2.05) is 71.6 Å². The monoisotopic (exact) mass is 521 g/mol. The number of likely N-dealkylation sites (tertiary alicyclic amines) is 1. The standard InChI is InChI=1S/C29H29Cl2N3O2/c1-21(23-8-10-26(11-9-23)36-20-22-7-12-27(30)28(31)17-22)34-18-25(19-34)32-13-15-33(16-14-32)29(35)24-5-3-2-4-6-24/h2-12,17,25H,1,13-16,18-20H2. The van der Waals surface area contributed by atoms with Crippen LogP contribution in [0.15, 0.2) is 79.4 Å². The molecule has 36 heavy (non-hydrogen) atoms. The number of hydrogen-bond donors (Lipinski definition) is 0. The lowest BCUT2D eigenvalue weighted by Gasteiger charge is -2.49. The molecule has 5 rings (SSSR count). The van der Waals surface area contributed by atoms with Gasteiger partial charge in [0, 0.05) is 56.6 Å².